The number of hydrogen-bond donors (Lipinski definition) is 0. The normalized spacial score (nSPS) is 15.3. The van der Waals surface area contributed by atoms with E-state index in [0.29, 0.717) is 0 Å². The van der Waals surface area contributed by atoms with Crippen molar-refractivity contribution in [2.75, 3.05) is 0 Å². The van der Waals surface area contributed by atoms with Gasteiger partial charge in [-0.2, -0.15) is 0 Å². The van der Waals surface area contributed by atoms with Gasteiger partial charge in [-0.1, -0.05) is 183 Å². The molecule has 0 fully saturated rings. The van der Waals surface area contributed by atoms with E-state index in [-0.39, 0.29) is 0 Å². The second-order valence-electron chi connectivity index (χ2n) is 16.3. The second kappa shape index (κ2) is 20.3. The standard InChI is InChI=1S/C29H24.C14H18.C14H16.C2H6/c1-19-7-11-22(12-8-19)24-15-16-27-21(3)29-25(18-26(27)17-24)5-4-6-28(29)23-13-9-20(2)10-14-23;2*1-11-7-3-5-9-13(11)14-10-6-4-8-12(14)2;1-2/h4-17H,3,18H2,1-2H3;3-4,7-8H,5-6,9-10H2,1-2H3;3,5-7,9-10H,4,8H2,1-2H3;1-2H3. The minimum absolute atomic E-state index is 0.948. The van der Waals surface area contributed by atoms with Crippen LogP contribution in [-0.2, 0) is 6.42 Å². The van der Waals surface area contributed by atoms with E-state index in [1.165, 1.54) is 128 Å². The van der Waals surface area contributed by atoms with Gasteiger partial charge in [0.05, 0.1) is 0 Å². The number of benzene rings is 5. The molecule has 4 aliphatic rings. The summed E-state index contributed by atoms with van der Waals surface area (Å²) < 4.78 is 0. The number of allylic oxidation sites excluding steroid dienone is 12. The summed E-state index contributed by atoms with van der Waals surface area (Å²) in [4.78, 5) is 0. The Kier molecular flexibility index (Phi) is 14.8. The summed E-state index contributed by atoms with van der Waals surface area (Å²) in [6.07, 6.45) is 21.9. The summed E-state index contributed by atoms with van der Waals surface area (Å²) in [6.45, 7) is 21.7. The Bertz CT molecular complexity index is 2430. The first-order valence-corrected chi connectivity index (χ1v) is 21.9. The molecule has 0 atom stereocenters. The Morgan fingerprint density at radius 2 is 1.00 bits per heavy atom. The molecular weight excluding hydrogens is 709 g/mol. The fourth-order valence-corrected chi connectivity index (χ4v) is 8.70. The lowest BCUT2D eigenvalue weighted by atomic mass is 9.78. The van der Waals surface area contributed by atoms with Crippen LogP contribution in [0.2, 0.25) is 0 Å². The zero-order valence-electron chi connectivity index (χ0n) is 37.0. The van der Waals surface area contributed by atoms with E-state index in [2.05, 4.69) is 194 Å². The topological polar surface area (TPSA) is 0 Å². The highest BCUT2D eigenvalue weighted by Crippen LogP contribution is 2.42. The van der Waals surface area contributed by atoms with Crippen molar-refractivity contribution in [2.24, 2.45) is 0 Å². The molecule has 5 aromatic rings. The molecule has 0 aromatic heterocycles. The summed E-state index contributed by atoms with van der Waals surface area (Å²) in [7, 11) is 0. The first-order valence-electron chi connectivity index (χ1n) is 21.9. The van der Waals surface area contributed by atoms with E-state index in [1.807, 2.05) is 13.8 Å². The zero-order valence-corrected chi connectivity index (χ0v) is 37.0. The Hall–Kier alpha value is -5.72. The highest BCUT2D eigenvalue weighted by atomic mass is 14.3. The van der Waals surface area contributed by atoms with Crippen LogP contribution in [0.1, 0.15) is 118 Å². The van der Waals surface area contributed by atoms with Crippen molar-refractivity contribution in [2.45, 2.75) is 100 Å². The van der Waals surface area contributed by atoms with Crippen LogP contribution in [0.4, 0.5) is 0 Å². The predicted molar refractivity (Wildman–Crippen MR) is 260 cm³/mol. The lowest BCUT2D eigenvalue weighted by Gasteiger charge is -2.25. The van der Waals surface area contributed by atoms with Crippen LogP contribution in [0.3, 0.4) is 0 Å². The molecule has 0 aliphatic heterocycles. The van der Waals surface area contributed by atoms with E-state index >= 15 is 0 Å². The molecule has 0 radical (unpaired) electrons. The smallest absolute Gasteiger partial charge is 0.00130 e. The number of hydrogen-bond acceptors (Lipinski definition) is 0. The molecule has 300 valence electrons. The van der Waals surface area contributed by atoms with E-state index in [1.54, 1.807) is 11.1 Å². The van der Waals surface area contributed by atoms with Crippen LogP contribution in [0.25, 0.3) is 33.4 Å². The summed E-state index contributed by atoms with van der Waals surface area (Å²) in [5, 5.41) is 0. The molecule has 0 nitrogen and oxygen atoms in total. The minimum atomic E-state index is 0.948. The maximum absolute atomic E-state index is 4.51. The van der Waals surface area contributed by atoms with Gasteiger partial charge in [0.1, 0.15) is 0 Å². The average Bonchev–Trinajstić information content (AvgIpc) is 3.26. The van der Waals surface area contributed by atoms with Crippen LogP contribution in [0.5, 0.6) is 0 Å². The van der Waals surface area contributed by atoms with Crippen LogP contribution < -0.4 is 0 Å². The Morgan fingerprint density at radius 1 is 0.458 bits per heavy atom. The first-order chi connectivity index (χ1) is 28.7. The van der Waals surface area contributed by atoms with Crippen molar-refractivity contribution in [1.82, 2.24) is 0 Å². The monoisotopic (exact) mass is 773 g/mol. The maximum atomic E-state index is 4.51. The van der Waals surface area contributed by atoms with Gasteiger partial charge in [-0.05, 0) is 176 Å². The van der Waals surface area contributed by atoms with Gasteiger partial charge in [0.25, 0.3) is 0 Å². The third-order valence-corrected chi connectivity index (χ3v) is 12.1. The summed E-state index contributed by atoms with van der Waals surface area (Å²) in [5.41, 5.74) is 25.9. The molecule has 0 amide bonds. The number of aryl methyl sites for hydroxylation is 3. The molecule has 0 saturated heterocycles. The lowest BCUT2D eigenvalue weighted by molar-refractivity contribution is 0.872. The predicted octanol–water partition coefficient (Wildman–Crippen LogP) is 17.1. The molecule has 59 heavy (non-hydrogen) atoms. The van der Waals surface area contributed by atoms with Gasteiger partial charge in [-0.3, -0.25) is 0 Å². The molecule has 0 saturated carbocycles. The van der Waals surface area contributed by atoms with Gasteiger partial charge in [-0.15, -0.1) is 0 Å². The Morgan fingerprint density at radius 3 is 1.59 bits per heavy atom. The van der Waals surface area contributed by atoms with Gasteiger partial charge in [-0.25, -0.2) is 0 Å². The van der Waals surface area contributed by atoms with Crippen molar-refractivity contribution < 1.29 is 0 Å². The van der Waals surface area contributed by atoms with Crippen LogP contribution in [0.15, 0.2) is 180 Å². The van der Waals surface area contributed by atoms with E-state index < -0.39 is 0 Å². The Balaban J connectivity index is 0.000000163. The highest BCUT2D eigenvalue weighted by molar-refractivity contribution is 5.93. The van der Waals surface area contributed by atoms with Crippen molar-refractivity contribution >= 4 is 11.1 Å². The Labute approximate surface area is 356 Å². The molecule has 0 spiro atoms. The number of fused-ring (bicyclic) bond motifs is 2. The van der Waals surface area contributed by atoms with Crippen LogP contribution in [-0.4, -0.2) is 0 Å². The molecule has 9 rings (SSSR count). The van der Waals surface area contributed by atoms with E-state index in [4.69, 9.17) is 0 Å². The van der Waals surface area contributed by atoms with E-state index in [9.17, 15) is 0 Å². The van der Waals surface area contributed by atoms with Crippen LogP contribution >= 0.6 is 0 Å². The molecule has 4 aliphatic carbocycles. The van der Waals surface area contributed by atoms with Crippen molar-refractivity contribution in [1.29, 1.82) is 0 Å². The van der Waals surface area contributed by atoms with Crippen molar-refractivity contribution in [3.05, 3.63) is 225 Å². The van der Waals surface area contributed by atoms with Crippen LogP contribution in [0, 0.1) is 20.8 Å². The van der Waals surface area contributed by atoms with E-state index in [0.717, 1.165) is 12.0 Å². The quantitative estimate of drug-likeness (QED) is 0.167. The molecule has 0 heterocycles. The fourth-order valence-electron chi connectivity index (χ4n) is 8.70. The summed E-state index contributed by atoms with van der Waals surface area (Å²) >= 11 is 0. The molecule has 0 heteroatoms. The molecular formula is C59H64. The van der Waals surface area contributed by atoms with Gasteiger partial charge in [0, 0.05) is 0 Å². The van der Waals surface area contributed by atoms with Gasteiger partial charge < -0.3 is 0 Å². The largest absolute Gasteiger partial charge is 0.0905 e. The maximum Gasteiger partial charge on any atom is -0.00130 e. The molecule has 0 bridgehead atoms. The summed E-state index contributed by atoms with van der Waals surface area (Å²) in [5.74, 6) is 0. The van der Waals surface area contributed by atoms with Gasteiger partial charge in [0.15, 0.2) is 0 Å². The molecule has 5 aromatic carbocycles. The number of rotatable bonds is 4. The SMILES string of the molecule is C=C1c2ccc(-c3ccc(C)cc3)cc2Cc2cccc(-c3ccc(C)cc3)c21.CC.CC1=C(C2=C(C)C=CCC2)CCC=C1.CC1=C(c2ccccc2C)C=CCC1. The van der Waals surface area contributed by atoms with Gasteiger partial charge in [0.2, 0.25) is 0 Å². The second-order valence-corrected chi connectivity index (χ2v) is 16.3. The first kappa shape index (κ1) is 42.9. The fraction of sp³-hybridized carbons (Fsp3) is 0.254. The average molecular weight is 773 g/mol. The van der Waals surface area contributed by atoms with Crippen molar-refractivity contribution in [3.63, 3.8) is 0 Å². The lowest BCUT2D eigenvalue weighted by Crippen LogP contribution is -2.08. The summed E-state index contributed by atoms with van der Waals surface area (Å²) in [6, 6.07) is 39.6. The van der Waals surface area contributed by atoms with Gasteiger partial charge >= 0.3 is 0 Å². The minimum Gasteiger partial charge on any atom is -0.0905 e. The highest BCUT2D eigenvalue weighted by Gasteiger charge is 2.22. The third kappa shape index (κ3) is 10.3. The van der Waals surface area contributed by atoms with Crippen molar-refractivity contribution in [3.8, 4) is 22.3 Å². The third-order valence-electron chi connectivity index (χ3n) is 12.1. The molecule has 0 N–H and O–H groups in total. The zero-order chi connectivity index (χ0) is 41.9. The molecule has 0 unspecified atom stereocenters.